The van der Waals surface area contributed by atoms with Gasteiger partial charge in [-0.25, -0.2) is 0 Å². The van der Waals surface area contributed by atoms with Crippen LogP contribution in [0.2, 0.25) is 0 Å². The minimum absolute atomic E-state index is 0. The van der Waals surface area contributed by atoms with Crippen LogP contribution in [0.4, 0.5) is 0 Å². The van der Waals surface area contributed by atoms with Gasteiger partial charge < -0.3 is 14.4 Å². The second kappa shape index (κ2) is 18.9. The van der Waals surface area contributed by atoms with Crippen LogP contribution in [0.1, 0.15) is 138 Å². The summed E-state index contributed by atoms with van der Waals surface area (Å²) in [5, 5.41) is 4.50. The number of aryl methyl sites for hydroxylation is 1. The van der Waals surface area contributed by atoms with Gasteiger partial charge in [0.15, 0.2) is 0 Å². The van der Waals surface area contributed by atoms with Crippen LogP contribution in [-0.2, 0) is 32.9 Å². The maximum atomic E-state index is 9.40. The molecule has 0 amide bonds. The first-order valence-corrected chi connectivity index (χ1v) is 22.8. The molecule has 2 aliphatic carbocycles. The van der Waals surface area contributed by atoms with Gasteiger partial charge in [-0.15, -0.1) is 47.5 Å². The van der Waals surface area contributed by atoms with Crippen molar-refractivity contribution in [3.05, 3.63) is 156 Å². The van der Waals surface area contributed by atoms with E-state index < -0.39 is 36.3 Å². The quantitative estimate of drug-likeness (QED) is 0.156. The number of pyridine rings is 2. The summed E-state index contributed by atoms with van der Waals surface area (Å²) in [5.41, 5.74) is 6.24. The van der Waals surface area contributed by atoms with Crippen LogP contribution >= 0.6 is 0 Å². The third-order valence-electron chi connectivity index (χ3n) is 12.8. The van der Waals surface area contributed by atoms with Gasteiger partial charge in [0.2, 0.25) is 0 Å². The van der Waals surface area contributed by atoms with Crippen LogP contribution in [0.5, 0.6) is 0 Å². The average molecular weight is 1030 g/mol. The molecule has 2 saturated carbocycles. The number of furan rings is 1. The number of hydrogen-bond donors (Lipinski definition) is 0. The van der Waals surface area contributed by atoms with E-state index in [4.69, 9.17) is 19.0 Å². The van der Waals surface area contributed by atoms with Crippen LogP contribution in [0.15, 0.2) is 126 Å². The molecule has 5 aromatic carbocycles. The van der Waals surface area contributed by atoms with Crippen LogP contribution in [0, 0.1) is 35.2 Å². The molecule has 0 atom stereocenters. The largest absolute Gasteiger partial charge is 0.500 e. The van der Waals surface area contributed by atoms with Gasteiger partial charge in [-0.1, -0.05) is 169 Å². The molecule has 0 bridgehead atoms. The molecular weight excluding hydrogens is 957 g/mol. The number of benzene rings is 5. The molecule has 0 unspecified atom stereocenters. The molecule has 0 aliphatic heterocycles. The van der Waals surface area contributed by atoms with E-state index in [0.29, 0.717) is 22.2 Å². The number of fused-ring (bicyclic) bond motifs is 5. The Hall–Kier alpha value is -4.89. The van der Waals surface area contributed by atoms with Crippen LogP contribution < -0.4 is 0 Å². The van der Waals surface area contributed by atoms with Crippen molar-refractivity contribution in [3.63, 3.8) is 0 Å². The average Bonchev–Trinajstić information content (AvgIpc) is 3.74. The standard InChI is InChI=1S/C32H30NO.C28H34N.Ir/c1-4-16-32(17-5-1)18-13-22(14-19-32)24-15-20-33-29(21-24)28-10-6-9-26-27-12-11-23-7-2-3-8-25(23)30(27)34-31(26)28;1-20-13-14-22(15-25(20)21-11-9-8-10-12-21)26-16-23(17-27(2,3)4)24(19-29-26)18-28(5,6)7;/h2-3,6-9,11-12,15,20-22H,1,4-5,13-14,16-19H2;8-13,15-16,19H,17-18H2,1-7H3;/q2*-1;/i22D;1D3,17D2,18D2;. The summed E-state index contributed by atoms with van der Waals surface area (Å²) in [5.74, 6) is -0.529. The SMILES string of the molecule is [2H]C([2H])([2H])c1c[c-]c(-c2cc(C([2H])([2H])C(C)(C)C)c(C([2H])([2H])C(C)(C)C)cn2)cc1-c1ccccc1.[2H]C1(c2ccnc(-c3[c-]ccc4c3oc3c5ccccc5ccc43)c2)CCC2(CCCCC2)CC1.[Ir]. The molecule has 3 heterocycles. The van der Waals surface area contributed by atoms with Crippen molar-refractivity contribution in [2.45, 2.75) is 125 Å². The van der Waals surface area contributed by atoms with Crippen molar-refractivity contribution >= 4 is 32.7 Å². The summed E-state index contributed by atoms with van der Waals surface area (Å²) >= 11 is 0. The van der Waals surface area contributed by atoms with E-state index in [9.17, 15) is 1.37 Å². The fraction of sp³-hybridized carbons (Fsp3) is 0.367. The van der Waals surface area contributed by atoms with Crippen LogP contribution in [-0.4, -0.2) is 9.97 Å². The fourth-order valence-electron chi connectivity index (χ4n) is 9.73. The monoisotopic (exact) mass is 1030 g/mol. The van der Waals surface area contributed by atoms with Gasteiger partial charge in [0.05, 0.1) is 5.58 Å². The van der Waals surface area contributed by atoms with Crippen LogP contribution in [0.3, 0.4) is 0 Å². The number of nitrogens with zero attached hydrogens (tertiary/aromatic N) is 2. The summed E-state index contributed by atoms with van der Waals surface area (Å²) in [6, 6.07) is 41.3. The van der Waals surface area contributed by atoms with Crippen molar-refractivity contribution in [3.8, 4) is 33.6 Å². The summed E-state index contributed by atoms with van der Waals surface area (Å²) in [7, 11) is 0. The normalized spacial score (nSPS) is 18.5. The number of aromatic nitrogens is 2. The molecule has 0 N–H and O–H groups in total. The minimum Gasteiger partial charge on any atom is -0.500 e. The first-order chi connectivity index (χ1) is 33.4. The van der Waals surface area contributed by atoms with E-state index in [0.717, 1.165) is 62.6 Å². The van der Waals surface area contributed by atoms with E-state index >= 15 is 0 Å². The van der Waals surface area contributed by atoms with Crippen molar-refractivity contribution in [1.82, 2.24) is 9.97 Å². The van der Waals surface area contributed by atoms with Crippen molar-refractivity contribution in [1.29, 1.82) is 0 Å². The van der Waals surface area contributed by atoms with Crippen molar-refractivity contribution in [2.75, 3.05) is 0 Å². The van der Waals surface area contributed by atoms with Crippen molar-refractivity contribution in [2.24, 2.45) is 16.2 Å². The number of hydrogen-bond acceptors (Lipinski definition) is 3. The zero-order valence-corrected chi connectivity index (χ0v) is 40.4. The Morgan fingerprint density at radius 1 is 0.719 bits per heavy atom. The predicted octanol–water partition coefficient (Wildman–Crippen LogP) is 16.9. The molecular formula is C60H64IrN2O-2. The molecule has 8 aromatic rings. The predicted molar refractivity (Wildman–Crippen MR) is 265 cm³/mol. The van der Waals surface area contributed by atoms with Gasteiger partial charge in [-0.05, 0) is 113 Å². The van der Waals surface area contributed by atoms with E-state index in [1.807, 2.05) is 42.6 Å². The zero-order chi connectivity index (χ0) is 50.8. The maximum Gasteiger partial charge on any atom is 0.128 e. The Kier molecular flexibility index (Phi) is 10.7. The first kappa shape index (κ1) is 36.3. The molecule has 3 aromatic heterocycles. The molecule has 0 saturated heterocycles. The second-order valence-corrected chi connectivity index (χ2v) is 19.9. The van der Waals surface area contributed by atoms with E-state index in [1.54, 1.807) is 53.7 Å². The smallest absolute Gasteiger partial charge is 0.128 e. The summed E-state index contributed by atoms with van der Waals surface area (Å²) in [6.45, 7) is 8.37. The topological polar surface area (TPSA) is 38.9 Å². The zero-order valence-electron chi connectivity index (χ0n) is 46.0. The summed E-state index contributed by atoms with van der Waals surface area (Å²) in [4.78, 5) is 9.26. The van der Waals surface area contributed by atoms with E-state index in [1.165, 1.54) is 62.6 Å². The van der Waals surface area contributed by atoms with Crippen molar-refractivity contribution < 1.29 is 35.5 Å². The molecule has 1 spiro atoms. The molecule has 2 fully saturated rings. The molecule has 10 rings (SSSR count). The first-order valence-electron chi connectivity index (χ1n) is 26.8. The second-order valence-electron chi connectivity index (χ2n) is 19.9. The Balaban J connectivity index is 0.000000190. The summed E-state index contributed by atoms with van der Waals surface area (Å²) in [6.07, 6.45) is 10.7. The van der Waals surface area contributed by atoms with Crippen LogP contribution in [0.25, 0.3) is 66.4 Å². The fourth-order valence-corrected chi connectivity index (χ4v) is 9.73. The molecule has 2 aliphatic rings. The Morgan fingerprint density at radius 2 is 1.44 bits per heavy atom. The van der Waals surface area contributed by atoms with E-state index in [2.05, 4.69) is 71.7 Å². The van der Waals surface area contributed by atoms with Gasteiger partial charge in [-0.2, -0.15) is 0 Å². The van der Waals surface area contributed by atoms with Gasteiger partial charge in [0.1, 0.15) is 5.58 Å². The molecule has 331 valence electrons. The third kappa shape index (κ3) is 10.1. The minimum atomic E-state index is -2.34. The Labute approximate surface area is 407 Å². The van der Waals surface area contributed by atoms with Gasteiger partial charge in [0, 0.05) is 54.2 Å². The summed E-state index contributed by atoms with van der Waals surface area (Å²) < 4.78 is 75.5. The number of rotatable bonds is 6. The van der Waals surface area contributed by atoms with Gasteiger partial charge in [-0.3, -0.25) is 0 Å². The molecule has 4 heteroatoms. The molecule has 1 radical (unpaired) electrons. The van der Waals surface area contributed by atoms with Gasteiger partial charge in [0.25, 0.3) is 0 Å². The Morgan fingerprint density at radius 3 is 2.19 bits per heavy atom. The molecule has 3 nitrogen and oxygen atoms in total. The Bertz CT molecular complexity index is 3220. The van der Waals surface area contributed by atoms with Gasteiger partial charge >= 0.3 is 0 Å². The van der Waals surface area contributed by atoms with E-state index in [-0.39, 0.29) is 36.8 Å². The maximum absolute atomic E-state index is 9.40. The molecule has 64 heavy (non-hydrogen) atoms. The third-order valence-corrected chi connectivity index (χ3v) is 12.8.